The third kappa shape index (κ3) is 4.81. The molecule has 1 atom stereocenters. The monoisotopic (exact) mass is 391 g/mol. The Morgan fingerprint density at radius 3 is 2.04 bits per heavy atom. The quantitative estimate of drug-likeness (QED) is 0.661. The van der Waals surface area contributed by atoms with Gasteiger partial charge in [-0.1, -0.05) is 23.8 Å². The van der Waals surface area contributed by atoms with Crippen molar-refractivity contribution in [3.8, 4) is 17.2 Å². The van der Waals surface area contributed by atoms with Crippen molar-refractivity contribution in [3.63, 3.8) is 0 Å². The maximum atomic E-state index is 12.8. The molecule has 0 heterocycles. The molecule has 1 unspecified atom stereocenters. The number of ether oxygens (including phenoxy) is 3. The van der Waals surface area contributed by atoms with E-state index in [1.807, 2.05) is 6.92 Å². The Morgan fingerprint density at radius 2 is 1.59 bits per heavy atom. The zero-order valence-corrected chi connectivity index (χ0v) is 16.8. The highest BCUT2D eigenvalue weighted by atomic mass is 32.2. The van der Waals surface area contributed by atoms with Crippen LogP contribution in [0.25, 0.3) is 0 Å². The van der Waals surface area contributed by atoms with E-state index in [-0.39, 0.29) is 4.90 Å². The van der Waals surface area contributed by atoms with E-state index in [0.717, 1.165) is 5.56 Å². The predicted molar refractivity (Wildman–Crippen MR) is 105 cm³/mol. The third-order valence-corrected chi connectivity index (χ3v) is 5.61. The second-order valence-electron chi connectivity index (χ2n) is 5.97. The van der Waals surface area contributed by atoms with Crippen molar-refractivity contribution >= 4 is 10.0 Å². The van der Waals surface area contributed by atoms with E-state index >= 15 is 0 Å². The summed E-state index contributed by atoms with van der Waals surface area (Å²) < 4.78 is 44.4. The van der Waals surface area contributed by atoms with Gasteiger partial charge in [0, 0.05) is 0 Å². The van der Waals surface area contributed by atoms with E-state index < -0.39 is 16.1 Å². The molecule has 1 N–H and O–H groups in total. The van der Waals surface area contributed by atoms with Gasteiger partial charge in [0.25, 0.3) is 0 Å². The molecule has 0 bridgehead atoms. The Labute approximate surface area is 160 Å². The highest BCUT2D eigenvalue weighted by Gasteiger charge is 2.23. The largest absolute Gasteiger partial charge is 0.493 e. The Morgan fingerprint density at radius 1 is 1.04 bits per heavy atom. The van der Waals surface area contributed by atoms with Crippen LogP contribution in [0.5, 0.6) is 17.2 Å². The molecule has 0 radical (unpaired) electrons. The third-order valence-electron chi connectivity index (χ3n) is 4.12. The van der Waals surface area contributed by atoms with Gasteiger partial charge < -0.3 is 14.2 Å². The number of sulfonamides is 1. The van der Waals surface area contributed by atoms with Gasteiger partial charge in [-0.15, -0.1) is 6.58 Å². The van der Waals surface area contributed by atoms with Crippen LogP contribution in [0.4, 0.5) is 0 Å². The summed E-state index contributed by atoms with van der Waals surface area (Å²) in [5, 5.41) is 0. The summed E-state index contributed by atoms with van der Waals surface area (Å²) >= 11 is 0. The zero-order chi connectivity index (χ0) is 20.0. The van der Waals surface area contributed by atoms with Gasteiger partial charge in [0.2, 0.25) is 15.8 Å². The van der Waals surface area contributed by atoms with Crippen molar-refractivity contribution < 1.29 is 22.6 Å². The molecule has 0 saturated heterocycles. The molecular weight excluding hydrogens is 366 g/mol. The van der Waals surface area contributed by atoms with Gasteiger partial charge in [0.1, 0.15) is 0 Å². The summed E-state index contributed by atoms with van der Waals surface area (Å²) in [6, 6.07) is 9.60. The number of nitrogens with one attached hydrogen (secondary N) is 1. The Hall–Kier alpha value is -2.51. The smallest absolute Gasteiger partial charge is 0.241 e. The van der Waals surface area contributed by atoms with Gasteiger partial charge in [-0.25, -0.2) is 13.1 Å². The summed E-state index contributed by atoms with van der Waals surface area (Å²) in [5.74, 6) is 1.35. The lowest BCUT2D eigenvalue weighted by Gasteiger charge is -2.21. The highest BCUT2D eigenvalue weighted by molar-refractivity contribution is 7.89. The molecule has 0 saturated carbocycles. The number of aryl methyl sites for hydroxylation is 1. The first kappa shape index (κ1) is 20.8. The van der Waals surface area contributed by atoms with E-state index in [4.69, 9.17) is 14.2 Å². The minimum absolute atomic E-state index is 0.203. The normalized spacial score (nSPS) is 12.3. The fourth-order valence-electron chi connectivity index (χ4n) is 2.69. The Kier molecular flexibility index (Phi) is 6.87. The van der Waals surface area contributed by atoms with Gasteiger partial charge in [-0.2, -0.15) is 0 Å². The molecule has 6 nitrogen and oxygen atoms in total. The van der Waals surface area contributed by atoms with Crippen molar-refractivity contribution in [2.75, 3.05) is 21.3 Å². The molecule has 0 spiro atoms. The molecule has 2 rings (SSSR count). The first-order chi connectivity index (χ1) is 12.9. The van der Waals surface area contributed by atoms with Gasteiger partial charge >= 0.3 is 0 Å². The molecule has 0 aromatic heterocycles. The number of hydrogen-bond acceptors (Lipinski definition) is 5. The maximum Gasteiger partial charge on any atom is 0.241 e. The first-order valence-corrected chi connectivity index (χ1v) is 9.84. The summed E-state index contributed by atoms with van der Waals surface area (Å²) in [6.07, 6.45) is 2.05. The number of hydrogen-bond donors (Lipinski definition) is 1. The van der Waals surface area contributed by atoms with Gasteiger partial charge in [0.05, 0.1) is 32.3 Å². The summed E-state index contributed by atoms with van der Waals surface area (Å²) in [6.45, 7) is 5.64. The maximum absolute atomic E-state index is 12.8. The molecule has 0 aliphatic heterocycles. The van der Waals surface area contributed by atoms with Crippen LogP contribution >= 0.6 is 0 Å². The number of benzene rings is 2. The van der Waals surface area contributed by atoms with E-state index in [0.29, 0.717) is 29.2 Å². The second-order valence-corrected chi connectivity index (χ2v) is 7.68. The lowest BCUT2D eigenvalue weighted by atomic mass is 10.0. The van der Waals surface area contributed by atoms with Crippen molar-refractivity contribution in [2.45, 2.75) is 24.3 Å². The molecule has 2 aromatic carbocycles. The van der Waals surface area contributed by atoms with E-state index in [2.05, 4.69) is 11.3 Å². The minimum atomic E-state index is -3.71. The van der Waals surface area contributed by atoms with E-state index in [1.165, 1.54) is 21.3 Å². The molecule has 7 heteroatoms. The number of rotatable bonds is 9. The highest BCUT2D eigenvalue weighted by Crippen LogP contribution is 2.40. The van der Waals surface area contributed by atoms with Crippen molar-refractivity contribution in [2.24, 2.45) is 0 Å². The van der Waals surface area contributed by atoms with Crippen LogP contribution in [0.2, 0.25) is 0 Å². The SMILES string of the molecule is C=CCC(NS(=O)(=O)c1ccc(C)cc1)c1cc(OC)c(OC)c(OC)c1. The lowest BCUT2D eigenvalue weighted by molar-refractivity contribution is 0.323. The molecule has 0 aliphatic rings. The standard InChI is InChI=1S/C20H25NO5S/c1-6-7-17(21-27(22,23)16-10-8-14(2)9-11-16)15-12-18(24-3)20(26-5)19(13-15)25-4/h6,8-13,17,21H,1,7H2,2-5H3. The molecule has 0 fully saturated rings. The zero-order valence-electron chi connectivity index (χ0n) is 16.0. The molecular formula is C20H25NO5S. The fourth-order valence-corrected chi connectivity index (χ4v) is 3.93. The molecule has 0 amide bonds. The average Bonchev–Trinajstić information content (AvgIpc) is 2.66. The molecule has 2 aromatic rings. The van der Waals surface area contributed by atoms with Crippen LogP contribution < -0.4 is 18.9 Å². The van der Waals surface area contributed by atoms with Gasteiger partial charge in [0.15, 0.2) is 11.5 Å². The van der Waals surface area contributed by atoms with Crippen LogP contribution in [0.3, 0.4) is 0 Å². The predicted octanol–water partition coefficient (Wildman–Crippen LogP) is 3.62. The van der Waals surface area contributed by atoms with Gasteiger partial charge in [-0.05, 0) is 43.2 Å². The van der Waals surface area contributed by atoms with Crippen molar-refractivity contribution in [1.82, 2.24) is 4.72 Å². The van der Waals surface area contributed by atoms with Crippen molar-refractivity contribution in [1.29, 1.82) is 0 Å². The second kappa shape index (κ2) is 8.92. The Balaban J connectivity index is 2.45. The van der Waals surface area contributed by atoms with Crippen LogP contribution in [0, 0.1) is 6.92 Å². The Bertz CT molecular complexity index is 866. The fraction of sp³-hybridized carbons (Fsp3) is 0.300. The summed E-state index contributed by atoms with van der Waals surface area (Å²) in [5.41, 5.74) is 1.67. The lowest BCUT2D eigenvalue weighted by Crippen LogP contribution is -2.28. The van der Waals surface area contributed by atoms with E-state index in [1.54, 1.807) is 42.5 Å². The average molecular weight is 391 g/mol. The van der Waals surface area contributed by atoms with Gasteiger partial charge in [-0.3, -0.25) is 0 Å². The van der Waals surface area contributed by atoms with Crippen LogP contribution in [-0.4, -0.2) is 29.7 Å². The molecule has 27 heavy (non-hydrogen) atoms. The van der Waals surface area contributed by atoms with Crippen LogP contribution in [0.1, 0.15) is 23.6 Å². The topological polar surface area (TPSA) is 73.9 Å². The van der Waals surface area contributed by atoms with E-state index in [9.17, 15) is 8.42 Å². The van der Waals surface area contributed by atoms with Crippen LogP contribution in [0.15, 0.2) is 53.9 Å². The number of methoxy groups -OCH3 is 3. The summed E-state index contributed by atoms with van der Waals surface area (Å²) in [4.78, 5) is 0.203. The molecule has 0 aliphatic carbocycles. The summed E-state index contributed by atoms with van der Waals surface area (Å²) in [7, 11) is 0.831. The first-order valence-electron chi connectivity index (χ1n) is 8.36. The molecule has 146 valence electrons. The minimum Gasteiger partial charge on any atom is -0.493 e. The van der Waals surface area contributed by atoms with Crippen molar-refractivity contribution in [3.05, 3.63) is 60.2 Å². The van der Waals surface area contributed by atoms with Crippen LogP contribution in [-0.2, 0) is 10.0 Å².